The Labute approximate surface area is 611 Å². The van der Waals surface area contributed by atoms with Gasteiger partial charge in [-0.05, 0) is 281 Å². The molecule has 0 saturated carbocycles. The summed E-state index contributed by atoms with van der Waals surface area (Å²) in [6.45, 7) is 0. The summed E-state index contributed by atoms with van der Waals surface area (Å²) in [4.78, 5) is 3.33. The second-order valence-corrected chi connectivity index (χ2v) is 28.2. The van der Waals surface area contributed by atoms with Crippen LogP contribution in [0, 0.1) is 23.3 Å². The van der Waals surface area contributed by atoms with Crippen LogP contribution in [0.5, 0.6) is 23.0 Å². The van der Waals surface area contributed by atoms with Crippen LogP contribution in [-0.2, 0) is 36.5 Å². The Morgan fingerprint density at radius 3 is 0.962 bits per heavy atom. The topological polar surface area (TPSA) is 24.9 Å². The van der Waals surface area contributed by atoms with Gasteiger partial charge in [0.05, 0.1) is 10.8 Å². The number of anilines is 6. The van der Waals surface area contributed by atoms with Gasteiger partial charge in [-0.1, -0.05) is 206 Å². The zero-order valence-corrected chi connectivity index (χ0v) is 57.4. The number of nitrogens with zero attached hydrogens (tertiary/aromatic N) is 2. The van der Waals surface area contributed by atoms with E-state index >= 15 is 17.6 Å². The van der Waals surface area contributed by atoms with Crippen LogP contribution in [0.2, 0.25) is 0 Å². The third kappa shape index (κ3) is 10.0. The molecule has 2 atom stereocenters. The second-order valence-electron chi connectivity index (χ2n) is 28.2. The molecule has 0 amide bonds. The number of benzene rings is 16. The van der Waals surface area contributed by atoms with E-state index in [4.69, 9.17) is 9.47 Å². The molecule has 0 aromatic heterocycles. The van der Waals surface area contributed by atoms with Crippen molar-refractivity contribution in [1.29, 1.82) is 0 Å². The number of hydrogen-bond acceptors (Lipinski definition) is 4. The van der Waals surface area contributed by atoms with Crippen LogP contribution in [0.3, 0.4) is 0 Å². The van der Waals surface area contributed by atoms with Crippen LogP contribution in [0.15, 0.2) is 340 Å². The van der Waals surface area contributed by atoms with Gasteiger partial charge in [0, 0.05) is 22.7 Å². The summed E-state index contributed by atoms with van der Waals surface area (Å²) >= 11 is 0. The van der Waals surface area contributed by atoms with Crippen molar-refractivity contribution >= 4 is 55.7 Å². The van der Waals surface area contributed by atoms with E-state index in [1.807, 2.05) is 109 Å². The Bertz CT molecular complexity index is 5810. The number of ether oxygens (including phenoxy) is 2. The zero-order valence-electron chi connectivity index (χ0n) is 57.4. The van der Waals surface area contributed by atoms with Crippen LogP contribution in [0.1, 0.15) is 66.8 Å². The van der Waals surface area contributed by atoms with Crippen molar-refractivity contribution in [3.8, 4) is 56.4 Å². The van der Waals surface area contributed by atoms with Gasteiger partial charge in [0.1, 0.15) is 57.6 Å². The lowest BCUT2D eigenvalue weighted by molar-refractivity contribution is 0.480. The molecule has 0 bridgehead atoms. The van der Waals surface area contributed by atoms with Crippen LogP contribution < -0.4 is 19.3 Å². The van der Waals surface area contributed by atoms with E-state index in [0.29, 0.717) is 34.2 Å². The predicted molar refractivity (Wildman–Crippen MR) is 419 cm³/mol. The highest BCUT2D eigenvalue weighted by Crippen LogP contribution is 2.60. The normalized spacial score (nSPS) is 15.5. The fourth-order valence-corrected chi connectivity index (χ4v) is 17.3. The Hall–Kier alpha value is -13.0. The highest BCUT2D eigenvalue weighted by atomic mass is 19.1. The lowest BCUT2D eigenvalue weighted by Gasteiger charge is -2.35. The Morgan fingerprint density at radius 1 is 0.236 bits per heavy atom. The van der Waals surface area contributed by atoms with Gasteiger partial charge < -0.3 is 19.3 Å². The minimum absolute atomic E-state index is 0.229. The summed E-state index contributed by atoms with van der Waals surface area (Å²) in [5.41, 5.74) is 19.0. The minimum Gasteiger partial charge on any atom is -0.457 e. The average Bonchev–Trinajstić information content (AvgIpc) is 1.53. The smallest absolute Gasteiger partial charge is 0.150 e. The van der Waals surface area contributed by atoms with E-state index < -0.39 is 34.1 Å². The Balaban J connectivity index is 0.686. The number of para-hydroxylation sites is 2. The second kappa shape index (κ2) is 24.9. The molecule has 0 spiro atoms. The molecule has 506 valence electrons. The van der Waals surface area contributed by atoms with E-state index in [9.17, 15) is 0 Å². The minimum atomic E-state index is -0.912. The highest BCUT2D eigenvalue weighted by Gasteiger charge is 2.49. The molecule has 20 rings (SSSR count). The number of rotatable bonds is 15. The van der Waals surface area contributed by atoms with E-state index in [2.05, 4.69) is 194 Å². The lowest BCUT2D eigenvalue weighted by Crippen LogP contribution is -2.29. The van der Waals surface area contributed by atoms with E-state index in [0.717, 1.165) is 137 Å². The molecule has 0 N–H and O–H groups in total. The maximum absolute atomic E-state index is 16.9. The fraction of sp³-hybridized carbons (Fsp3) is 0.0612. The molecule has 106 heavy (non-hydrogen) atoms. The van der Waals surface area contributed by atoms with Crippen molar-refractivity contribution in [3.63, 3.8) is 0 Å². The van der Waals surface area contributed by atoms with Gasteiger partial charge in [-0.2, -0.15) is 0 Å². The molecule has 0 radical (unpaired) electrons. The molecule has 4 aliphatic carbocycles. The maximum Gasteiger partial charge on any atom is 0.150 e. The Kier molecular flexibility index (Phi) is 14.7. The van der Waals surface area contributed by atoms with Gasteiger partial charge in [-0.3, -0.25) is 0 Å². The van der Waals surface area contributed by atoms with Crippen LogP contribution in [-0.4, -0.2) is 0 Å². The third-order valence-corrected chi connectivity index (χ3v) is 22.6. The van der Waals surface area contributed by atoms with Crippen molar-refractivity contribution in [1.82, 2.24) is 0 Å². The summed E-state index contributed by atoms with van der Waals surface area (Å²) < 4.78 is 80.6. The summed E-state index contributed by atoms with van der Waals surface area (Å²) in [7, 11) is 0. The van der Waals surface area contributed by atoms with Crippen molar-refractivity contribution < 1.29 is 27.0 Å². The average molecular weight is 1380 g/mol. The molecule has 0 heterocycles. The summed E-state index contributed by atoms with van der Waals surface area (Å²) in [6.07, 6.45) is 4.27. The van der Waals surface area contributed by atoms with E-state index in [-0.39, 0.29) is 11.4 Å². The molecule has 0 saturated heterocycles. The monoisotopic (exact) mass is 1380 g/mol. The number of aryl methyl sites for hydroxylation is 4. The quantitative estimate of drug-likeness (QED) is 0.0955. The van der Waals surface area contributed by atoms with Crippen molar-refractivity contribution in [2.24, 2.45) is 0 Å². The standard InChI is InChI=1S/C98H64F4N2O2/c99-91-19-9-20-92(100)95(91)103(77-45-53-85-83-15-5-7-17-87(83)97(89(85)59-77,73-35-27-61-11-1-3-13-67(61)55-73)71-37-49-79(50-38-71)105-81-47-33-65-23-25-69(65)57-81)75-41-29-63(30-42-75)64-31-43-76(44-32-64)104(96-93(101)21-10-22-94(96)102)78-46-54-86-84-16-6-8-18-88(84)98(90(86)60-78,74-36-28-62-12-2-4-14-68(62)56-74)72-39-51-80(52-40-72)106-82-48-34-66-24-26-70(66)58-82/h1-22,27-60H,23-26H2. The molecule has 0 fully saturated rings. The molecule has 16 aromatic rings. The number of halogens is 4. The first-order valence-electron chi connectivity index (χ1n) is 36.1. The molecule has 4 nitrogen and oxygen atoms in total. The first kappa shape index (κ1) is 62.7. The van der Waals surface area contributed by atoms with E-state index in [1.165, 1.54) is 58.7 Å². The molecule has 16 aromatic carbocycles. The van der Waals surface area contributed by atoms with Crippen LogP contribution in [0.25, 0.3) is 54.9 Å². The van der Waals surface area contributed by atoms with Gasteiger partial charge in [-0.25, -0.2) is 17.6 Å². The SMILES string of the molecule is Fc1cccc(F)c1N(c1ccc(-c2ccc(N(c3ccc4c(c3)C(c3ccc(Oc5ccc6c(c5)CC6)cc3)(c3ccc5ccccc5c3)c3ccccc3-4)c3c(F)cccc3F)cc2)cc1)c1ccc2c(c1)C(c1ccc(Oc3ccc4c(c3)CC4)cc1)(c1ccc3ccccc3c1)c1ccccc1-2. The Morgan fingerprint density at radius 2 is 0.575 bits per heavy atom. The predicted octanol–water partition coefficient (Wildman–Crippen LogP) is 25.7. The van der Waals surface area contributed by atoms with Gasteiger partial charge in [0.2, 0.25) is 0 Å². The van der Waals surface area contributed by atoms with Crippen LogP contribution in [0.4, 0.5) is 51.7 Å². The van der Waals surface area contributed by atoms with Crippen molar-refractivity contribution in [3.05, 3.63) is 430 Å². The molecule has 0 aliphatic heterocycles. The number of hydrogen-bond donors (Lipinski definition) is 0. The summed E-state index contributed by atoms with van der Waals surface area (Å²) in [5.74, 6) is 0.0846. The molecule has 8 heteroatoms. The largest absolute Gasteiger partial charge is 0.457 e. The number of fused-ring (bicyclic) bond motifs is 10. The maximum atomic E-state index is 16.9. The van der Waals surface area contributed by atoms with Gasteiger partial charge in [0.15, 0.2) is 0 Å². The zero-order chi connectivity index (χ0) is 70.8. The lowest BCUT2D eigenvalue weighted by atomic mass is 9.67. The van der Waals surface area contributed by atoms with Crippen molar-refractivity contribution in [2.45, 2.75) is 36.5 Å². The van der Waals surface area contributed by atoms with Gasteiger partial charge >= 0.3 is 0 Å². The molecular formula is C98H64F4N2O2. The van der Waals surface area contributed by atoms with E-state index in [1.54, 1.807) is 9.80 Å². The molecule has 4 aliphatic rings. The third-order valence-electron chi connectivity index (χ3n) is 22.6. The van der Waals surface area contributed by atoms with Gasteiger partial charge in [-0.15, -0.1) is 0 Å². The van der Waals surface area contributed by atoms with Crippen molar-refractivity contribution in [2.75, 3.05) is 9.80 Å². The molecular weight excluding hydrogens is 1310 g/mol. The fourth-order valence-electron chi connectivity index (χ4n) is 17.3. The highest BCUT2D eigenvalue weighted by molar-refractivity contribution is 5.95. The first-order valence-corrected chi connectivity index (χ1v) is 36.1. The van der Waals surface area contributed by atoms with Gasteiger partial charge in [0.25, 0.3) is 0 Å². The first-order chi connectivity index (χ1) is 52.1. The summed E-state index contributed by atoms with van der Waals surface area (Å²) in [6, 6.07) is 112. The summed E-state index contributed by atoms with van der Waals surface area (Å²) in [5, 5.41) is 4.36. The van der Waals surface area contributed by atoms with Crippen LogP contribution >= 0.6 is 0 Å². The molecule has 2 unspecified atom stereocenters.